The number of rotatable bonds is 2. The lowest BCUT2D eigenvalue weighted by Crippen LogP contribution is -2.47. The van der Waals surface area contributed by atoms with Crippen LogP contribution in [0.15, 0.2) is 29.3 Å². The van der Waals surface area contributed by atoms with E-state index in [1.165, 1.54) is 10.8 Å². The Bertz CT molecular complexity index is 829. The van der Waals surface area contributed by atoms with Crippen molar-refractivity contribution in [1.29, 1.82) is 0 Å². The number of nitrogens with zero attached hydrogens (tertiary/aromatic N) is 2. The van der Waals surface area contributed by atoms with Gasteiger partial charge in [-0.05, 0) is 24.0 Å². The number of ether oxygens (including phenoxy) is 1. The van der Waals surface area contributed by atoms with E-state index in [9.17, 15) is 9.59 Å². The average Bonchev–Trinajstić information content (AvgIpc) is 2.73. The van der Waals surface area contributed by atoms with Crippen LogP contribution in [-0.2, 0) is 4.79 Å². The zero-order valence-electron chi connectivity index (χ0n) is 14.2. The molecule has 2 aliphatic rings. The Morgan fingerprint density at radius 2 is 2.00 bits per heavy atom. The van der Waals surface area contributed by atoms with Gasteiger partial charge >= 0.3 is 0 Å². The minimum absolute atomic E-state index is 0.0456. The summed E-state index contributed by atoms with van der Waals surface area (Å²) in [4.78, 5) is 30.2. The largest absolute Gasteiger partial charge is 0.446 e. The number of carbonyl (C=O) groups is 1. The number of allylic oxidation sites excluding steroid dienone is 3. The Morgan fingerprint density at radius 1 is 1.25 bits per heavy atom. The van der Waals surface area contributed by atoms with Gasteiger partial charge in [-0.1, -0.05) is 39.8 Å². The second-order valence-corrected chi connectivity index (χ2v) is 6.64. The Kier molecular flexibility index (Phi) is 4.13. The molecule has 1 atom stereocenters. The van der Waals surface area contributed by atoms with Crippen molar-refractivity contribution >= 4 is 17.7 Å². The molecule has 6 nitrogen and oxygen atoms in total. The lowest BCUT2D eigenvalue weighted by atomic mass is 9.99. The summed E-state index contributed by atoms with van der Waals surface area (Å²) in [5.74, 6) is 0.653. The monoisotopic (exact) mass is 327 g/mol. The van der Waals surface area contributed by atoms with Crippen LogP contribution in [0.2, 0.25) is 0 Å². The normalized spacial score (nSPS) is 20.7. The zero-order chi connectivity index (χ0) is 17.4. The standard InChI is InChI=1S/C18H21N3O3/c1-10(2)9-13-15-20-17-12(7-5-6-8-24-17)18(23)21(15)14(11(3)4)16(22)19-13/h5-11,14H,1-4H3,(H,19,22)/b13-9-. The Morgan fingerprint density at radius 3 is 2.67 bits per heavy atom. The molecule has 0 bridgehead atoms. The van der Waals surface area contributed by atoms with Gasteiger partial charge in [0.2, 0.25) is 11.8 Å². The highest BCUT2D eigenvalue weighted by Gasteiger charge is 2.35. The summed E-state index contributed by atoms with van der Waals surface area (Å²) in [5.41, 5.74) is 0.638. The molecule has 0 aliphatic carbocycles. The van der Waals surface area contributed by atoms with Crippen molar-refractivity contribution in [2.75, 3.05) is 0 Å². The lowest BCUT2D eigenvalue weighted by Gasteiger charge is -2.31. The second kappa shape index (κ2) is 6.11. The maximum Gasteiger partial charge on any atom is 0.265 e. The molecule has 3 rings (SSSR count). The SMILES string of the molecule is CC(C)/C=C1\NC(=O)C(C(C)C)n2c1nc1c(c2=O)C=CC=CO1. The van der Waals surface area contributed by atoms with Crippen LogP contribution in [-0.4, -0.2) is 15.5 Å². The quantitative estimate of drug-likeness (QED) is 0.906. The molecule has 1 aromatic heterocycles. The summed E-state index contributed by atoms with van der Waals surface area (Å²) in [6.07, 6.45) is 8.46. The van der Waals surface area contributed by atoms with Gasteiger partial charge in [0.25, 0.3) is 5.56 Å². The Labute approximate surface area is 140 Å². The van der Waals surface area contributed by atoms with Gasteiger partial charge in [-0.2, -0.15) is 4.98 Å². The molecule has 1 amide bonds. The summed E-state index contributed by atoms with van der Waals surface area (Å²) in [6, 6.07) is -0.598. The fourth-order valence-electron chi connectivity index (χ4n) is 2.94. The second-order valence-electron chi connectivity index (χ2n) is 6.64. The predicted molar refractivity (Wildman–Crippen MR) is 92.1 cm³/mol. The minimum Gasteiger partial charge on any atom is -0.446 e. The number of nitrogens with one attached hydrogen (secondary N) is 1. The first-order valence-electron chi connectivity index (χ1n) is 8.09. The molecule has 2 aliphatic heterocycles. The first-order chi connectivity index (χ1) is 11.4. The van der Waals surface area contributed by atoms with Gasteiger partial charge in [-0.3, -0.25) is 14.2 Å². The highest BCUT2D eigenvalue weighted by molar-refractivity contribution is 5.91. The average molecular weight is 327 g/mol. The number of amides is 1. The molecule has 0 radical (unpaired) electrons. The summed E-state index contributed by atoms with van der Waals surface area (Å²) >= 11 is 0. The van der Waals surface area contributed by atoms with Crippen LogP contribution in [0.4, 0.5) is 0 Å². The highest BCUT2D eigenvalue weighted by Crippen LogP contribution is 2.29. The van der Waals surface area contributed by atoms with Crippen molar-refractivity contribution in [2.45, 2.75) is 33.7 Å². The smallest absolute Gasteiger partial charge is 0.265 e. The molecule has 24 heavy (non-hydrogen) atoms. The third kappa shape index (κ3) is 2.68. The Hall–Kier alpha value is -2.63. The number of carbonyl (C=O) groups excluding carboxylic acids is 1. The molecule has 1 N–H and O–H groups in total. The highest BCUT2D eigenvalue weighted by atomic mass is 16.5. The van der Waals surface area contributed by atoms with Crippen LogP contribution < -0.4 is 15.6 Å². The number of fused-ring (bicyclic) bond motifs is 2. The van der Waals surface area contributed by atoms with E-state index in [0.717, 1.165) is 0 Å². The van der Waals surface area contributed by atoms with Crippen molar-refractivity contribution in [3.63, 3.8) is 0 Å². The van der Waals surface area contributed by atoms with Crippen molar-refractivity contribution in [2.24, 2.45) is 11.8 Å². The van der Waals surface area contributed by atoms with Gasteiger partial charge < -0.3 is 10.1 Å². The van der Waals surface area contributed by atoms with Crippen LogP contribution in [0, 0.1) is 11.8 Å². The van der Waals surface area contributed by atoms with E-state index in [1.807, 2.05) is 33.8 Å². The fourth-order valence-corrected chi connectivity index (χ4v) is 2.94. The number of aromatic nitrogens is 2. The van der Waals surface area contributed by atoms with E-state index >= 15 is 0 Å². The third-order valence-corrected chi connectivity index (χ3v) is 3.92. The first kappa shape index (κ1) is 16.2. The summed E-state index contributed by atoms with van der Waals surface area (Å²) in [7, 11) is 0. The molecule has 6 heteroatoms. The Balaban J connectivity index is 2.33. The summed E-state index contributed by atoms with van der Waals surface area (Å²) < 4.78 is 6.96. The van der Waals surface area contributed by atoms with E-state index in [0.29, 0.717) is 17.1 Å². The van der Waals surface area contributed by atoms with Crippen molar-refractivity contribution in [3.8, 4) is 5.88 Å². The fraction of sp³-hybridized carbons (Fsp3) is 0.389. The lowest BCUT2D eigenvalue weighted by molar-refractivity contribution is -0.125. The molecule has 0 aromatic carbocycles. The van der Waals surface area contributed by atoms with E-state index in [-0.39, 0.29) is 29.2 Å². The van der Waals surface area contributed by atoms with Crippen molar-refractivity contribution in [3.05, 3.63) is 46.2 Å². The number of hydrogen-bond acceptors (Lipinski definition) is 4. The van der Waals surface area contributed by atoms with Crippen LogP contribution in [0.25, 0.3) is 11.8 Å². The molecule has 1 unspecified atom stereocenters. The molecule has 0 spiro atoms. The van der Waals surface area contributed by atoms with Crippen molar-refractivity contribution in [1.82, 2.24) is 14.9 Å². The van der Waals surface area contributed by atoms with E-state index in [1.54, 1.807) is 18.2 Å². The maximum atomic E-state index is 13.1. The van der Waals surface area contributed by atoms with Gasteiger partial charge in [0.05, 0.1) is 12.0 Å². The van der Waals surface area contributed by atoms with Gasteiger partial charge in [-0.25, -0.2) is 0 Å². The topological polar surface area (TPSA) is 73.2 Å². The molecule has 0 fully saturated rings. The van der Waals surface area contributed by atoms with Crippen LogP contribution in [0.1, 0.15) is 45.1 Å². The van der Waals surface area contributed by atoms with E-state index in [4.69, 9.17) is 4.74 Å². The van der Waals surface area contributed by atoms with E-state index < -0.39 is 6.04 Å². The predicted octanol–water partition coefficient (Wildman–Crippen LogP) is 2.49. The van der Waals surface area contributed by atoms with Gasteiger partial charge in [0.1, 0.15) is 11.6 Å². The van der Waals surface area contributed by atoms with Crippen LogP contribution in [0.5, 0.6) is 5.88 Å². The van der Waals surface area contributed by atoms with Gasteiger partial charge in [0.15, 0.2) is 5.82 Å². The number of hydrogen-bond donors (Lipinski definition) is 1. The molecule has 0 saturated carbocycles. The molecular weight excluding hydrogens is 306 g/mol. The van der Waals surface area contributed by atoms with Crippen LogP contribution in [0.3, 0.4) is 0 Å². The maximum absolute atomic E-state index is 13.1. The first-order valence-corrected chi connectivity index (χ1v) is 8.09. The summed E-state index contributed by atoms with van der Waals surface area (Å²) in [5, 5.41) is 2.89. The third-order valence-electron chi connectivity index (χ3n) is 3.92. The molecule has 1 aromatic rings. The van der Waals surface area contributed by atoms with Crippen LogP contribution >= 0.6 is 0 Å². The van der Waals surface area contributed by atoms with Crippen molar-refractivity contribution < 1.29 is 9.53 Å². The summed E-state index contributed by atoms with van der Waals surface area (Å²) in [6.45, 7) is 7.83. The molecule has 126 valence electrons. The minimum atomic E-state index is -0.598. The van der Waals surface area contributed by atoms with Gasteiger partial charge in [-0.15, -0.1) is 0 Å². The van der Waals surface area contributed by atoms with Gasteiger partial charge in [0, 0.05) is 0 Å². The molecule has 0 saturated heterocycles. The molecule has 3 heterocycles. The molecular formula is C18H21N3O3. The zero-order valence-corrected chi connectivity index (χ0v) is 14.2. The van der Waals surface area contributed by atoms with E-state index in [2.05, 4.69) is 10.3 Å².